The van der Waals surface area contributed by atoms with Crippen molar-refractivity contribution in [3.05, 3.63) is 12.2 Å². The van der Waals surface area contributed by atoms with E-state index < -0.39 is 0 Å². The molecule has 1 amide bonds. The third-order valence-electron chi connectivity index (χ3n) is 3.73. The quantitative estimate of drug-likeness (QED) is 0.529. The summed E-state index contributed by atoms with van der Waals surface area (Å²) >= 11 is 0. The molecule has 1 heterocycles. The summed E-state index contributed by atoms with van der Waals surface area (Å²) in [5.74, 6) is 2.51. The second-order valence-electron chi connectivity index (χ2n) is 4.22. The van der Waals surface area contributed by atoms with Crippen LogP contribution in [0.15, 0.2) is 12.2 Å². The molecule has 2 fully saturated rings. The van der Waals surface area contributed by atoms with E-state index in [0.29, 0.717) is 29.6 Å². The topological polar surface area (TPSA) is 29.1 Å². The molecular weight excluding hydrogens is 150 g/mol. The van der Waals surface area contributed by atoms with Crippen molar-refractivity contribution in [2.24, 2.45) is 23.7 Å². The molecule has 2 bridgehead atoms. The molecule has 0 aromatic carbocycles. The van der Waals surface area contributed by atoms with Crippen molar-refractivity contribution in [3.63, 3.8) is 0 Å². The lowest BCUT2D eigenvalue weighted by atomic mass is 9.63. The minimum absolute atomic E-state index is 0.305. The SMILES string of the molecule is O=C1NCC2C3C=CC(CC3)C12. The molecule has 4 rings (SSSR count). The molecule has 1 saturated heterocycles. The maximum absolute atomic E-state index is 11.5. The molecule has 4 atom stereocenters. The summed E-state index contributed by atoms with van der Waals surface area (Å²) in [6, 6.07) is 0. The average Bonchev–Trinajstić information content (AvgIpc) is 2.53. The molecule has 4 aliphatic rings. The van der Waals surface area contributed by atoms with E-state index in [4.69, 9.17) is 0 Å². The molecule has 4 unspecified atom stereocenters. The van der Waals surface area contributed by atoms with Crippen LogP contribution >= 0.6 is 0 Å². The van der Waals surface area contributed by atoms with E-state index in [2.05, 4.69) is 17.5 Å². The zero-order valence-corrected chi connectivity index (χ0v) is 6.99. The molecule has 2 heteroatoms. The van der Waals surface area contributed by atoms with Crippen LogP contribution in [-0.4, -0.2) is 12.5 Å². The zero-order valence-electron chi connectivity index (χ0n) is 6.99. The smallest absolute Gasteiger partial charge is 0.224 e. The van der Waals surface area contributed by atoms with Gasteiger partial charge in [-0.3, -0.25) is 4.79 Å². The van der Waals surface area contributed by atoms with Crippen molar-refractivity contribution >= 4 is 5.91 Å². The molecule has 2 nitrogen and oxygen atoms in total. The van der Waals surface area contributed by atoms with Crippen LogP contribution in [0.2, 0.25) is 0 Å². The van der Waals surface area contributed by atoms with Gasteiger partial charge in [0.05, 0.1) is 0 Å². The summed E-state index contributed by atoms with van der Waals surface area (Å²) in [7, 11) is 0. The van der Waals surface area contributed by atoms with Gasteiger partial charge in [0.2, 0.25) is 5.91 Å². The number of carbonyl (C=O) groups is 1. The van der Waals surface area contributed by atoms with Gasteiger partial charge in [-0.15, -0.1) is 0 Å². The second kappa shape index (κ2) is 2.12. The van der Waals surface area contributed by atoms with E-state index in [0.717, 1.165) is 6.54 Å². The summed E-state index contributed by atoms with van der Waals surface area (Å²) in [6.45, 7) is 0.926. The minimum Gasteiger partial charge on any atom is -0.356 e. The fraction of sp³-hybridized carbons (Fsp3) is 0.700. The van der Waals surface area contributed by atoms with Crippen molar-refractivity contribution in [3.8, 4) is 0 Å². The van der Waals surface area contributed by atoms with E-state index in [1.807, 2.05) is 0 Å². The third-order valence-corrected chi connectivity index (χ3v) is 3.73. The number of allylic oxidation sites excluding steroid dienone is 2. The van der Waals surface area contributed by atoms with Crippen molar-refractivity contribution in [2.45, 2.75) is 12.8 Å². The van der Waals surface area contributed by atoms with Crippen LogP contribution in [0.1, 0.15) is 12.8 Å². The number of fused-ring (bicyclic) bond motifs is 1. The van der Waals surface area contributed by atoms with Crippen LogP contribution in [-0.2, 0) is 4.79 Å². The Morgan fingerprint density at radius 2 is 2.00 bits per heavy atom. The van der Waals surface area contributed by atoms with Crippen LogP contribution in [0.4, 0.5) is 0 Å². The van der Waals surface area contributed by atoms with Crippen LogP contribution < -0.4 is 5.32 Å². The summed E-state index contributed by atoms with van der Waals surface area (Å²) in [4.78, 5) is 11.5. The van der Waals surface area contributed by atoms with E-state index >= 15 is 0 Å². The zero-order chi connectivity index (χ0) is 8.13. The van der Waals surface area contributed by atoms with E-state index in [1.54, 1.807) is 0 Å². The molecule has 1 N–H and O–H groups in total. The highest BCUT2D eigenvalue weighted by Crippen LogP contribution is 2.46. The molecule has 12 heavy (non-hydrogen) atoms. The van der Waals surface area contributed by atoms with E-state index in [1.165, 1.54) is 12.8 Å². The summed E-state index contributed by atoms with van der Waals surface area (Å²) in [5.41, 5.74) is 0. The summed E-state index contributed by atoms with van der Waals surface area (Å²) < 4.78 is 0. The van der Waals surface area contributed by atoms with Gasteiger partial charge in [0.25, 0.3) is 0 Å². The number of hydrogen-bond acceptors (Lipinski definition) is 1. The predicted molar refractivity (Wildman–Crippen MR) is 45.3 cm³/mol. The van der Waals surface area contributed by atoms with Crippen molar-refractivity contribution in [1.29, 1.82) is 0 Å². The Labute approximate surface area is 72.0 Å². The normalized spacial score (nSPS) is 49.2. The lowest BCUT2D eigenvalue weighted by Crippen LogP contribution is -2.37. The minimum atomic E-state index is 0.305. The van der Waals surface area contributed by atoms with Gasteiger partial charge in [-0.05, 0) is 30.6 Å². The largest absolute Gasteiger partial charge is 0.356 e. The Bertz CT molecular complexity index is 259. The molecule has 0 spiro atoms. The van der Waals surface area contributed by atoms with Crippen LogP contribution in [0.3, 0.4) is 0 Å². The van der Waals surface area contributed by atoms with Crippen molar-refractivity contribution in [2.75, 3.05) is 6.54 Å². The molecule has 0 aromatic heterocycles. The Balaban J connectivity index is 2.01. The highest BCUT2D eigenvalue weighted by molar-refractivity contribution is 5.82. The maximum atomic E-state index is 11.5. The Hall–Kier alpha value is -0.790. The second-order valence-corrected chi connectivity index (χ2v) is 4.22. The first kappa shape index (κ1) is 6.70. The number of hydrogen-bond donors (Lipinski definition) is 1. The van der Waals surface area contributed by atoms with E-state index in [-0.39, 0.29) is 0 Å². The van der Waals surface area contributed by atoms with Crippen LogP contribution in [0, 0.1) is 23.7 Å². The van der Waals surface area contributed by atoms with E-state index in [9.17, 15) is 4.79 Å². The molecule has 3 aliphatic carbocycles. The van der Waals surface area contributed by atoms with Crippen LogP contribution in [0.5, 0.6) is 0 Å². The van der Waals surface area contributed by atoms with Gasteiger partial charge in [-0.25, -0.2) is 0 Å². The number of rotatable bonds is 0. The monoisotopic (exact) mass is 163 g/mol. The molecule has 64 valence electrons. The lowest BCUT2D eigenvalue weighted by molar-refractivity contribution is -0.125. The van der Waals surface area contributed by atoms with Gasteiger partial charge in [-0.2, -0.15) is 0 Å². The lowest BCUT2D eigenvalue weighted by Gasteiger charge is -2.39. The number of amides is 1. The molecule has 0 radical (unpaired) electrons. The molecule has 0 aromatic rings. The molecule has 1 aliphatic heterocycles. The van der Waals surface area contributed by atoms with Crippen molar-refractivity contribution < 1.29 is 4.79 Å². The summed E-state index contributed by atoms with van der Waals surface area (Å²) in [5, 5.41) is 2.98. The summed E-state index contributed by atoms with van der Waals surface area (Å²) in [6.07, 6.45) is 7.13. The van der Waals surface area contributed by atoms with Gasteiger partial charge in [0, 0.05) is 12.5 Å². The standard InChI is InChI=1S/C10H13NO/c12-10-9-7-3-1-6(2-4-7)8(9)5-11-10/h1,3,6-9H,2,4-5H2,(H,11,12). The first-order valence-electron chi connectivity index (χ1n) is 4.82. The van der Waals surface area contributed by atoms with Gasteiger partial charge in [0.15, 0.2) is 0 Å². The highest BCUT2D eigenvalue weighted by Gasteiger charge is 2.47. The fourth-order valence-electron chi connectivity index (χ4n) is 3.11. The predicted octanol–water partition coefficient (Wildman–Crippen LogP) is 0.945. The number of carbonyl (C=O) groups excluding carboxylic acids is 1. The molecule has 1 saturated carbocycles. The average molecular weight is 163 g/mol. The van der Waals surface area contributed by atoms with Gasteiger partial charge < -0.3 is 5.32 Å². The van der Waals surface area contributed by atoms with Gasteiger partial charge >= 0.3 is 0 Å². The highest BCUT2D eigenvalue weighted by atomic mass is 16.2. The van der Waals surface area contributed by atoms with Gasteiger partial charge in [0.1, 0.15) is 0 Å². The molecular formula is C10H13NO. The first-order chi connectivity index (χ1) is 5.86. The number of nitrogens with one attached hydrogen (secondary N) is 1. The third kappa shape index (κ3) is 0.680. The van der Waals surface area contributed by atoms with Crippen LogP contribution in [0.25, 0.3) is 0 Å². The van der Waals surface area contributed by atoms with Crippen molar-refractivity contribution in [1.82, 2.24) is 5.32 Å². The fourth-order valence-corrected chi connectivity index (χ4v) is 3.11. The maximum Gasteiger partial charge on any atom is 0.224 e. The Morgan fingerprint density at radius 3 is 2.67 bits per heavy atom. The Kier molecular flexibility index (Phi) is 1.18. The van der Waals surface area contributed by atoms with Gasteiger partial charge in [-0.1, -0.05) is 12.2 Å². The Morgan fingerprint density at radius 1 is 1.25 bits per heavy atom. The first-order valence-corrected chi connectivity index (χ1v) is 4.82.